The number of urea groups is 1. The summed E-state index contributed by atoms with van der Waals surface area (Å²) in [5.74, 6) is 1.01. The smallest absolute Gasteiger partial charge is 0.319 e. The number of hydrogen-bond donors (Lipinski definition) is 3. The molecule has 1 aromatic heterocycles. The van der Waals surface area contributed by atoms with Crippen LogP contribution in [0.5, 0.6) is 5.75 Å². The molecule has 0 bridgehead atoms. The number of carbonyl (C=O) groups excluding carboxylic acids is 1. The minimum absolute atomic E-state index is 0.0000543. The molecule has 2 aromatic rings. The van der Waals surface area contributed by atoms with E-state index in [4.69, 9.17) is 26.5 Å². The van der Waals surface area contributed by atoms with E-state index in [0.29, 0.717) is 35.3 Å². The van der Waals surface area contributed by atoms with Gasteiger partial charge in [-0.2, -0.15) is 0 Å². The molecular weight excluding hydrogens is 310 g/mol. The zero-order valence-corrected chi connectivity index (χ0v) is 12.9. The van der Waals surface area contributed by atoms with Crippen LogP contribution in [0.2, 0.25) is 5.02 Å². The number of nitrogens with zero attached hydrogens (tertiary/aromatic N) is 2. The number of nitrogens with one attached hydrogen (secondary N) is 2. The number of halogens is 1. The number of rotatable bonds is 5. The highest BCUT2D eigenvalue weighted by Gasteiger charge is 2.10. The number of amides is 2. The Balaban J connectivity index is 1.88. The van der Waals surface area contributed by atoms with Gasteiger partial charge in [0.1, 0.15) is 5.75 Å². The van der Waals surface area contributed by atoms with Crippen LogP contribution in [0.4, 0.5) is 16.5 Å². The number of carbonyl (C=O) groups is 1. The van der Waals surface area contributed by atoms with Gasteiger partial charge < -0.3 is 25.5 Å². The van der Waals surface area contributed by atoms with E-state index in [-0.39, 0.29) is 12.0 Å². The lowest BCUT2D eigenvalue weighted by atomic mass is 10.2. The first-order valence-corrected chi connectivity index (χ1v) is 6.84. The van der Waals surface area contributed by atoms with Crippen molar-refractivity contribution in [3.8, 4) is 5.75 Å². The Hall–Kier alpha value is -2.48. The number of aryl methyl sites for hydroxylation is 1. The molecule has 0 aliphatic heterocycles. The van der Waals surface area contributed by atoms with Crippen molar-refractivity contribution in [3.63, 3.8) is 0 Å². The Morgan fingerprint density at radius 2 is 2.23 bits per heavy atom. The van der Waals surface area contributed by atoms with E-state index >= 15 is 0 Å². The van der Waals surface area contributed by atoms with Crippen LogP contribution in [0.15, 0.2) is 16.5 Å². The molecule has 2 rings (SSSR count). The van der Waals surface area contributed by atoms with Crippen LogP contribution in [-0.2, 0) is 6.42 Å². The van der Waals surface area contributed by atoms with Gasteiger partial charge in [-0.15, -0.1) is 5.10 Å². The zero-order chi connectivity index (χ0) is 16.1. The maximum absolute atomic E-state index is 11.8. The lowest BCUT2D eigenvalue weighted by Gasteiger charge is -2.11. The molecule has 0 fully saturated rings. The molecule has 0 saturated heterocycles. The summed E-state index contributed by atoms with van der Waals surface area (Å²) in [6, 6.07) is 2.99. The number of ether oxygens (including phenoxy) is 1. The fourth-order valence-electron chi connectivity index (χ4n) is 1.80. The molecule has 118 valence electrons. The van der Waals surface area contributed by atoms with Gasteiger partial charge in [0.2, 0.25) is 5.89 Å². The number of nitrogens with two attached hydrogens (primary N) is 1. The van der Waals surface area contributed by atoms with Gasteiger partial charge in [0.05, 0.1) is 17.8 Å². The van der Waals surface area contributed by atoms with E-state index in [0.717, 1.165) is 5.56 Å². The van der Waals surface area contributed by atoms with Crippen molar-refractivity contribution >= 4 is 29.3 Å². The summed E-state index contributed by atoms with van der Waals surface area (Å²) in [5.41, 5.74) is 6.67. The first kappa shape index (κ1) is 15.9. The summed E-state index contributed by atoms with van der Waals surface area (Å²) in [6.07, 6.45) is 0.382. The fourth-order valence-corrected chi connectivity index (χ4v) is 2.00. The molecule has 0 unspecified atom stereocenters. The third-order valence-corrected chi connectivity index (χ3v) is 3.15. The van der Waals surface area contributed by atoms with Crippen LogP contribution in [0.1, 0.15) is 11.5 Å². The number of hydrogen-bond acceptors (Lipinski definition) is 6. The molecule has 1 heterocycles. The van der Waals surface area contributed by atoms with Crippen LogP contribution in [-0.4, -0.2) is 29.9 Å². The standard InChI is InChI=1S/C13H16ClN5O3/c1-7-5-9(8(14)6-10(7)21-2)17-13(20)16-4-3-11-18-19-12(15)22-11/h5-6H,3-4H2,1-2H3,(H2,15,19)(H2,16,17,20). The Kier molecular flexibility index (Phi) is 5.05. The van der Waals surface area contributed by atoms with Gasteiger partial charge in [-0.05, 0) is 18.6 Å². The van der Waals surface area contributed by atoms with Gasteiger partial charge in [-0.25, -0.2) is 4.79 Å². The molecule has 2 amide bonds. The van der Waals surface area contributed by atoms with Crippen LogP contribution >= 0.6 is 11.6 Å². The van der Waals surface area contributed by atoms with Gasteiger partial charge in [-0.3, -0.25) is 0 Å². The lowest BCUT2D eigenvalue weighted by Crippen LogP contribution is -2.30. The quantitative estimate of drug-likeness (QED) is 0.774. The minimum Gasteiger partial charge on any atom is -0.496 e. The van der Waals surface area contributed by atoms with Crippen molar-refractivity contribution in [1.29, 1.82) is 0 Å². The molecule has 22 heavy (non-hydrogen) atoms. The second-order valence-corrected chi connectivity index (χ2v) is 4.87. The maximum Gasteiger partial charge on any atom is 0.319 e. The van der Waals surface area contributed by atoms with Crippen molar-refractivity contribution in [1.82, 2.24) is 15.5 Å². The van der Waals surface area contributed by atoms with Gasteiger partial charge in [-0.1, -0.05) is 16.7 Å². The average Bonchev–Trinajstić information content (AvgIpc) is 2.88. The number of methoxy groups -OCH3 is 1. The summed E-state index contributed by atoms with van der Waals surface area (Å²) < 4.78 is 10.1. The van der Waals surface area contributed by atoms with E-state index in [2.05, 4.69) is 20.8 Å². The Labute approximate surface area is 132 Å². The van der Waals surface area contributed by atoms with Crippen LogP contribution in [0.3, 0.4) is 0 Å². The van der Waals surface area contributed by atoms with Crippen molar-refractivity contribution in [2.24, 2.45) is 0 Å². The number of anilines is 2. The Morgan fingerprint density at radius 1 is 1.45 bits per heavy atom. The molecule has 0 saturated carbocycles. The molecule has 4 N–H and O–H groups in total. The van der Waals surface area contributed by atoms with Crippen molar-refractivity contribution in [2.75, 3.05) is 24.7 Å². The molecular formula is C13H16ClN5O3. The van der Waals surface area contributed by atoms with E-state index in [1.54, 1.807) is 19.2 Å². The first-order valence-electron chi connectivity index (χ1n) is 6.46. The summed E-state index contributed by atoms with van der Waals surface area (Å²) in [4.78, 5) is 11.8. The van der Waals surface area contributed by atoms with E-state index < -0.39 is 0 Å². The predicted octanol–water partition coefficient (Wildman–Crippen LogP) is 1.99. The first-order chi connectivity index (χ1) is 10.5. The summed E-state index contributed by atoms with van der Waals surface area (Å²) in [5, 5.41) is 12.9. The third-order valence-electron chi connectivity index (χ3n) is 2.84. The van der Waals surface area contributed by atoms with E-state index in [1.165, 1.54) is 0 Å². The Bertz CT molecular complexity index is 674. The molecule has 0 aliphatic carbocycles. The molecule has 0 radical (unpaired) electrons. The van der Waals surface area contributed by atoms with Gasteiger partial charge in [0.15, 0.2) is 0 Å². The second kappa shape index (κ2) is 6.99. The van der Waals surface area contributed by atoms with Crippen LogP contribution < -0.4 is 21.1 Å². The monoisotopic (exact) mass is 325 g/mol. The molecule has 0 spiro atoms. The van der Waals surface area contributed by atoms with Crippen molar-refractivity contribution < 1.29 is 13.9 Å². The SMILES string of the molecule is COc1cc(Cl)c(NC(=O)NCCc2nnc(N)o2)cc1C. The van der Waals surface area contributed by atoms with Gasteiger partial charge >= 0.3 is 12.0 Å². The Morgan fingerprint density at radius 3 is 2.86 bits per heavy atom. The predicted molar refractivity (Wildman–Crippen MR) is 82.2 cm³/mol. The number of nitrogen functional groups attached to an aromatic ring is 1. The van der Waals surface area contributed by atoms with Crippen LogP contribution in [0, 0.1) is 6.92 Å². The molecule has 9 heteroatoms. The molecule has 0 atom stereocenters. The molecule has 8 nitrogen and oxygen atoms in total. The largest absolute Gasteiger partial charge is 0.496 e. The average molecular weight is 326 g/mol. The van der Waals surface area contributed by atoms with Gasteiger partial charge in [0, 0.05) is 19.0 Å². The molecule has 0 aliphatic rings. The lowest BCUT2D eigenvalue weighted by molar-refractivity contribution is 0.252. The zero-order valence-electron chi connectivity index (χ0n) is 12.1. The molecule has 1 aromatic carbocycles. The number of aromatic nitrogens is 2. The number of benzene rings is 1. The summed E-state index contributed by atoms with van der Waals surface area (Å²) in [7, 11) is 1.56. The maximum atomic E-state index is 11.8. The second-order valence-electron chi connectivity index (χ2n) is 4.47. The van der Waals surface area contributed by atoms with Gasteiger partial charge in [0.25, 0.3) is 0 Å². The van der Waals surface area contributed by atoms with E-state index in [1.807, 2.05) is 6.92 Å². The van der Waals surface area contributed by atoms with Crippen molar-refractivity contribution in [3.05, 3.63) is 28.6 Å². The minimum atomic E-state index is -0.390. The highest BCUT2D eigenvalue weighted by Crippen LogP contribution is 2.30. The van der Waals surface area contributed by atoms with E-state index in [9.17, 15) is 4.79 Å². The highest BCUT2D eigenvalue weighted by molar-refractivity contribution is 6.33. The summed E-state index contributed by atoms with van der Waals surface area (Å²) in [6.45, 7) is 2.18. The fraction of sp³-hybridized carbons (Fsp3) is 0.308. The topological polar surface area (TPSA) is 115 Å². The normalized spacial score (nSPS) is 10.3. The van der Waals surface area contributed by atoms with Crippen molar-refractivity contribution in [2.45, 2.75) is 13.3 Å². The summed E-state index contributed by atoms with van der Waals surface area (Å²) >= 11 is 6.09. The highest BCUT2D eigenvalue weighted by atomic mass is 35.5. The third kappa shape index (κ3) is 4.01. The van der Waals surface area contributed by atoms with Crippen LogP contribution in [0.25, 0.3) is 0 Å².